The molecule has 0 bridgehead atoms. The summed E-state index contributed by atoms with van der Waals surface area (Å²) in [5.74, 6) is -0.649. The van der Waals surface area contributed by atoms with Gasteiger partial charge in [-0.25, -0.2) is 4.79 Å². The second-order valence-electron chi connectivity index (χ2n) is 4.36. The van der Waals surface area contributed by atoms with Crippen LogP contribution >= 0.6 is 0 Å². The fourth-order valence-electron chi connectivity index (χ4n) is 1.29. The Morgan fingerprint density at radius 2 is 1.95 bits per heavy atom. The first-order chi connectivity index (χ1) is 8.97. The average molecular weight is 260 g/mol. The molecule has 0 unspecified atom stereocenters. The van der Waals surface area contributed by atoms with E-state index in [4.69, 9.17) is 16.2 Å². The lowest BCUT2D eigenvalue weighted by atomic mass is 9.99. The van der Waals surface area contributed by atoms with E-state index in [9.17, 15) is 4.79 Å². The van der Waals surface area contributed by atoms with E-state index in [-0.39, 0.29) is 5.57 Å². The number of esters is 1. The maximum Gasteiger partial charge on any atom is 0.350 e. The van der Waals surface area contributed by atoms with Crippen LogP contribution in [0.4, 0.5) is 0 Å². The van der Waals surface area contributed by atoms with Crippen LogP contribution in [-0.2, 0) is 24.9 Å². The number of hydrogen-bond acceptors (Lipinski definition) is 4. The summed E-state index contributed by atoms with van der Waals surface area (Å²) in [5, 5.41) is 0. The molecule has 0 radical (unpaired) electrons. The molecule has 1 rings (SSSR count). The number of terminal acetylenes is 1. The molecule has 1 aromatic carbocycles. The maximum absolute atomic E-state index is 11.2. The van der Waals surface area contributed by atoms with Crippen LogP contribution in [0.1, 0.15) is 26.3 Å². The largest absolute Gasteiger partial charge is 0.369 e. The van der Waals surface area contributed by atoms with Crippen molar-refractivity contribution in [2.75, 3.05) is 0 Å². The lowest BCUT2D eigenvalue weighted by Gasteiger charge is -2.22. The van der Waals surface area contributed by atoms with Gasteiger partial charge in [0.05, 0.1) is 5.57 Å². The van der Waals surface area contributed by atoms with Crippen molar-refractivity contribution in [2.45, 2.75) is 26.4 Å². The molecule has 0 fully saturated rings. The Kier molecular flexibility index (Phi) is 5.16. The highest BCUT2D eigenvalue weighted by molar-refractivity contribution is 5.88. The molecule has 0 amide bonds. The van der Waals surface area contributed by atoms with Crippen LogP contribution in [0.2, 0.25) is 0 Å². The zero-order chi connectivity index (χ0) is 14.3. The van der Waals surface area contributed by atoms with Gasteiger partial charge in [0.15, 0.2) is 0 Å². The third kappa shape index (κ3) is 4.49. The van der Waals surface area contributed by atoms with Gasteiger partial charge in [-0.3, -0.25) is 0 Å². The molecule has 100 valence electrons. The van der Waals surface area contributed by atoms with Crippen LogP contribution < -0.4 is 0 Å². The van der Waals surface area contributed by atoms with Crippen LogP contribution in [-0.4, -0.2) is 5.97 Å². The Labute approximate surface area is 112 Å². The SMILES string of the molecule is C#COC(=O)C(C)=COOC(C)(C)c1ccccc1. The average Bonchev–Trinajstić information content (AvgIpc) is 2.39. The predicted octanol–water partition coefficient (Wildman–Crippen LogP) is 2.91. The molecule has 0 atom stereocenters. The van der Waals surface area contributed by atoms with Crippen LogP contribution in [0.15, 0.2) is 42.2 Å². The Hall–Kier alpha value is -2.25. The maximum atomic E-state index is 11.2. The molecule has 1 aromatic rings. The number of ether oxygens (including phenoxy) is 1. The summed E-state index contributed by atoms with van der Waals surface area (Å²) in [4.78, 5) is 21.4. The molecule has 0 saturated heterocycles. The van der Waals surface area contributed by atoms with Gasteiger partial charge < -0.3 is 9.62 Å². The quantitative estimate of drug-likeness (QED) is 0.204. The summed E-state index contributed by atoms with van der Waals surface area (Å²) in [6, 6.07) is 9.58. The summed E-state index contributed by atoms with van der Waals surface area (Å²) in [5.41, 5.74) is 0.516. The number of carbonyl (C=O) groups is 1. The van der Waals surface area contributed by atoms with Crippen LogP contribution in [0.3, 0.4) is 0 Å². The molecular formula is C15H16O4. The van der Waals surface area contributed by atoms with Gasteiger partial charge in [0, 0.05) is 0 Å². The van der Waals surface area contributed by atoms with E-state index in [2.05, 4.69) is 4.74 Å². The number of rotatable bonds is 5. The van der Waals surface area contributed by atoms with Crippen molar-refractivity contribution >= 4 is 5.97 Å². The Morgan fingerprint density at radius 3 is 2.53 bits per heavy atom. The zero-order valence-corrected chi connectivity index (χ0v) is 11.2. The molecule has 0 N–H and O–H groups in total. The summed E-state index contributed by atoms with van der Waals surface area (Å²) in [7, 11) is 0. The Balaban J connectivity index is 2.60. The first-order valence-electron chi connectivity index (χ1n) is 5.71. The Bertz CT molecular complexity index is 495. The van der Waals surface area contributed by atoms with Crippen LogP contribution in [0.5, 0.6) is 0 Å². The standard InChI is InChI=1S/C15H16O4/c1-5-17-14(16)12(2)11-18-19-15(3,4)13-9-7-6-8-10-13/h1,6-11H,2-4H3. The van der Waals surface area contributed by atoms with Gasteiger partial charge in [0.2, 0.25) is 0 Å². The van der Waals surface area contributed by atoms with E-state index < -0.39 is 11.6 Å². The number of hydrogen-bond donors (Lipinski definition) is 0. The molecule has 4 heteroatoms. The summed E-state index contributed by atoms with van der Waals surface area (Å²) in [6.07, 6.45) is 7.80. The lowest BCUT2D eigenvalue weighted by molar-refractivity contribution is -0.321. The first kappa shape index (κ1) is 14.8. The molecule has 0 aliphatic carbocycles. The van der Waals surface area contributed by atoms with Crippen molar-refractivity contribution in [3.8, 4) is 12.5 Å². The second kappa shape index (κ2) is 6.62. The number of benzene rings is 1. The van der Waals surface area contributed by atoms with Crippen LogP contribution in [0.25, 0.3) is 0 Å². The van der Waals surface area contributed by atoms with E-state index in [1.165, 1.54) is 6.92 Å². The van der Waals surface area contributed by atoms with Crippen LogP contribution in [0, 0.1) is 12.5 Å². The Morgan fingerprint density at radius 1 is 1.32 bits per heavy atom. The van der Waals surface area contributed by atoms with Gasteiger partial charge in [-0.05, 0) is 26.3 Å². The fraction of sp³-hybridized carbons (Fsp3) is 0.267. The molecular weight excluding hydrogens is 244 g/mol. The highest BCUT2D eigenvalue weighted by Gasteiger charge is 2.22. The summed E-state index contributed by atoms with van der Waals surface area (Å²) in [6.45, 7) is 5.22. The summed E-state index contributed by atoms with van der Waals surface area (Å²) < 4.78 is 4.36. The van der Waals surface area contributed by atoms with Gasteiger partial charge in [0.1, 0.15) is 18.0 Å². The van der Waals surface area contributed by atoms with E-state index in [0.29, 0.717) is 0 Å². The van der Waals surface area contributed by atoms with Crippen molar-refractivity contribution in [3.05, 3.63) is 47.7 Å². The minimum Gasteiger partial charge on any atom is -0.369 e. The predicted molar refractivity (Wildman–Crippen MR) is 70.3 cm³/mol. The minimum atomic E-state index is -0.649. The number of carbonyl (C=O) groups excluding carboxylic acids is 1. The monoisotopic (exact) mass is 260 g/mol. The van der Waals surface area contributed by atoms with Crippen molar-refractivity contribution in [1.29, 1.82) is 0 Å². The normalized spacial score (nSPS) is 11.6. The van der Waals surface area contributed by atoms with E-state index >= 15 is 0 Å². The molecule has 0 saturated carbocycles. The van der Waals surface area contributed by atoms with Gasteiger partial charge in [-0.15, -0.1) is 0 Å². The topological polar surface area (TPSA) is 44.8 Å². The van der Waals surface area contributed by atoms with E-state index in [1.807, 2.05) is 44.2 Å². The molecule has 19 heavy (non-hydrogen) atoms. The third-order valence-corrected chi connectivity index (χ3v) is 2.42. The lowest BCUT2D eigenvalue weighted by Crippen LogP contribution is -2.20. The first-order valence-corrected chi connectivity index (χ1v) is 5.71. The molecule has 0 aromatic heterocycles. The summed E-state index contributed by atoms with van der Waals surface area (Å²) >= 11 is 0. The minimum absolute atomic E-state index is 0.210. The zero-order valence-electron chi connectivity index (χ0n) is 11.2. The van der Waals surface area contributed by atoms with Gasteiger partial charge in [-0.2, -0.15) is 4.89 Å². The van der Waals surface area contributed by atoms with Gasteiger partial charge >= 0.3 is 5.97 Å². The molecule has 0 heterocycles. The van der Waals surface area contributed by atoms with Gasteiger partial charge in [-0.1, -0.05) is 36.8 Å². The fourth-order valence-corrected chi connectivity index (χ4v) is 1.29. The smallest absolute Gasteiger partial charge is 0.350 e. The van der Waals surface area contributed by atoms with Gasteiger partial charge in [0.25, 0.3) is 0 Å². The molecule has 4 nitrogen and oxygen atoms in total. The second-order valence-corrected chi connectivity index (χ2v) is 4.36. The highest BCUT2D eigenvalue weighted by atomic mass is 17.2. The molecule has 0 aliphatic heterocycles. The van der Waals surface area contributed by atoms with Crippen molar-refractivity contribution in [2.24, 2.45) is 0 Å². The van der Waals surface area contributed by atoms with Crippen molar-refractivity contribution in [3.63, 3.8) is 0 Å². The van der Waals surface area contributed by atoms with Crippen molar-refractivity contribution in [1.82, 2.24) is 0 Å². The highest BCUT2D eigenvalue weighted by Crippen LogP contribution is 2.24. The molecule has 0 spiro atoms. The van der Waals surface area contributed by atoms with Crippen molar-refractivity contribution < 1.29 is 19.3 Å². The van der Waals surface area contributed by atoms with E-state index in [1.54, 1.807) is 6.11 Å². The van der Waals surface area contributed by atoms with E-state index in [0.717, 1.165) is 11.8 Å². The third-order valence-electron chi connectivity index (χ3n) is 2.42. The molecule has 0 aliphatic rings.